The summed E-state index contributed by atoms with van der Waals surface area (Å²) in [6.07, 6.45) is -5.16. The van der Waals surface area contributed by atoms with E-state index in [1.807, 2.05) is 0 Å². The van der Waals surface area contributed by atoms with Gasteiger partial charge in [-0.25, -0.2) is 13.2 Å². The highest BCUT2D eigenvalue weighted by atomic mass is 32.2. The molecule has 0 bridgehead atoms. The summed E-state index contributed by atoms with van der Waals surface area (Å²) < 4.78 is 69.2. The lowest BCUT2D eigenvalue weighted by Crippen LogP contribution is -2.33. The Bertz CT molecular complexity index is 1060. The summed E-state index contributed by atoms with van der Waals surface area (Å²) in [7, 11) is -4.10. The van der Waals surface area contributed by atoms with Gasteiger partial charge in [-0.1, -0.05) is 12.1 Å². The summed E-state index contributed by atoms with van der Waals surface area (Å²) in [6.45, 7) is -1.06. The number of para-hydroxylation sites is 2. The normalized spacial score (nSPS) is 14.4. The van der Waals surface area contributed by atoms with E-state index in [0.29, 0.717) is 5.69 Å². The second-order valence-electron chi connectivity index (χ2n) is 6.21. The fraction of sp³-hybridized carbons (Fsp3) is 0.222. The van der Waals surface area contributed by atoms with Crippen LogP contribution in [0.2, 0.25) is 0 Å². The number of benzene rings is 2. The third-order valence-corrected chi connectivity index (χ3v) is 5.46. The average Bonchev–Trinajstić information content (AvgIpc) is 3.11. The molecular formula is C18H16F3N3O5S. The summed E-state index contributed by atoms with van der Waals surface area (Å²) in [5, 5.41) is 1.70. The van der Waals surface area contributed by atoms with Crippen molar-refractivity contribution in [1.82, 2.24) is 5.32 Å². The second kappa shape index (κ2) is 8.22. The number of nitrogens with one attached hydrogen (secondary N) is 2. The molecule has 1 aliphatic rings. The van der Waals surface area contributed by atoms with E-state index in [-0.39, 0.29) is 29.3 Å². The van der Waals surface area contributed by atoms with Crippen LogP contribution in [0.15, 0.2) is 53.4 Å². The smallest absolute Gasteiger partial charge is 0.414 e. The molecule has 1 saturated heterocycles. The molecule has 1 heterocycles. The van der Waals surface area contributed by atoms with Crippen LogP contribution in [0.3, 0.4) is 0 Å². The van der Waals surface area contributed by atoms with Crippen molar-refractivity contribution in [3.05, 3.63) is 54.1 Å². The zero-order chi connectivity index (χ0) is 21.9. The minimum Gasteiger partial charge on any atom is -0.447 e. The Morgan fingerprint density at radius 2 is 1.77 bits per heavy atom. The lowest BCUT2D eigenvalue weighted by atomic mass is 10.2. The van der Waals surface area contributed by atoms with E-state index in [2.05, 4.69) is 4.72 Å². The average molecular weight is 443 g/mol. The SMILES string of the molecule is O=C(NCC(F)(F)F)c1ccc(S(=O)(=O)Nc2ccccc2N2CCOC2=O)cc1. The van der Waals surface area contributed by atoms with Crippen LogP contribution in [0, 0.1) is 0 Å². The van der Waals surface area contributed by atoms with Crippen LogP contribution in [-0.4, -0.2) is 46.3 Å². The summed E-state index contributed by atoms with van der Waals surface area (Å²) in [5.41, 5.74) is 0.327. The highest BCUT2D eigenvalue weighted by Crippen LogP contribution is 2.30. The Morgan fingerprint density at radius 1 is 1.10 bits per heavy atom. The zero-order valence-corrected chi connectivity index (χ0v) is 16.1. The van der Waals surface area contributed by atoms with Crippen molar-refractivity contribution >= 4 is 33.4 Å². The summed E-state index contributed by atoms with van der Waals surface area (Å²) in [6, 6.07) is 10.6. The number of ether oxygens (including phenoxy) is 1. The zero-order valence-electron chi connectivity index (χ0n) is 15.3. The van der Waals surface area contributed by atoms with Gasteiger partial charge in [0, 0.05) is 5.56 Å². The fourth-order valence-corrected chi connectivity index (χ4v) is 3.75. The van der Waals surface area contributed by atoms with Crippen LogP contribution >= 0.6 is 0 Å². The van der Waals surface area contributed by atoms with Gasteiger partial charge in [0.05, 0.1) is 22.8 Å². The fourth-order valence-electron chi connectivity index (χ4n) is 2.68. The molecule has 12 heteroatoms. The number of amides is 2. The molecule has 0 aromatic heterocycles. The lowest BCUT2D eigenvalue weighted by molar-refractivity contribution is -0.123. The number of carbonyl (C=O) groups excluding carboxylic acids is 2. The number of alkyl halides is 3. The number of hydrogen-bond acceptors (Lipinski definition) is 5. The van der Waals surface area contributed by atoms with E-state index in [9.17, 15) is 31.2 Å². The van der Waals surface area contributed by atoms with Crippen molar-refractivity contribution in [3.63, 3.8) is 0 Å². The number of nitrogens with zero attached hydrogens (tertiary/aromatic N) is 1. The van der Waals surface area contributed by atoms with Crippen molar-refractivity contribution in [1.29, 1.82) is 0 Å². The van der Waals surface area contributed by atoms with E-state index >= 15 is 0 Å². The molecule has 0 radical (unpaired) electrons. The molecule has 0 aliphatic carbocycles. The number of sulfonamides is 1. The molecule has 0 atom stereocenters. The van der Waals surface area contributed by atoms with Crippen LogP contribution in [0.25, 0.3) is 0 Å². The van der Waals surface area contributed by atoms with Gasteiger partial charge in [0.15, 0.2) is 0 Å². The first-order chi connectivity index (χ1) is 14.1. The molecule has 2 amide bonds. The predicted octanol–water partition coefficient (Wildman–Crippen LogP) is 2.74. The monoisotopic (exact) mass is 443 g/mol. The molecule has 2 aromatic rings. The van der Waals surface area contributed by atoms with Gasteiger partial charge in [0.1, 0.15) is 13.2 Å². The van der Waals surface area contributed by atoms with Crippen LogP contribution < -0.4 is 14.9 Å². The van der Waals surface area contributed by atoms with E-state index in [1.54, 1.807) is 23.5 Å². The van der Waals surface area contributed by atoms with Gasteiger partial charge in [0.25, 0.3) is 15.9 Å². The molecule has 1 aliphatic heterocycles. The maximum absolute atomic E-state index is 12.7. The Balaban J connectivity index is 1.77. The van der Waals surface area contributed by atoms with Gasteiger partial charge in [-0.3, -0.25) is 14.4 Å². The van der Waals surface area contributed by atoms with Gasteiger partial charge in [-0.15, -0.1) is 0 Å². The number of rotatable bonds is 6. The van der Waals surface area contributed by atoms with E-state index in [1.165, 1.54) is 11.0 Å². The summed E-state index contributed by atoms with van der Waals surface area (Å²) in [4.78, 5) is 24.6. The number of cyclic esters (lactones) is 1. The van der Waals surface area contributed by atoms with Crippen molar-refractivity contribution in [2.75, 3.05) is 29.3 Å². The number of carbonyl (C=O) groups is 2. The van der Waals surface area contributed by atoms with Crippen LogP contribution in [0.4, 0.5) is 29.3 Å². The Morgan fingerprint density at radius 3 is 2.37 bits per heavy atom. The standard InChI is InChI=1S/C18H16F3N3O5S/c19-18(20,21)11-22-16(25)12-5-7-13(8-6-12)30(27,28)23-14-3-1-2-4-15(14)24-9-10-29-17(24)26/h1-8,23H,9-11H2,(H,22,25). The summed E-state index contributed by atoms with van der Waals surface area (Å²) >= 11 is 0. The minimum absolute atomic E-state index is 0.126. The van der Waals surface area contributed by atoms with Gasteiger partial charge in [0.2, 0.25) is 0 Å². The quantitative estimate of drug-likeness (QED) is 0.715. The third kappa shape index (κ3) is 5.00. The van der Waals surface area contributed by atoms with Crippen molar-refractivity contribution in [2.45, 2.75) is 11.1 Å². The van der Waals surface area contributed by atoms with Crippen molar-refractivity contribution in [2.24, 2.45) is 0 Å². The third-order valence-electron chi connectivity index (χ3n) is 4.08. The molecule has 1 fully saturated rings. The first-order valence-corrected chi connectivity index (χ1v) is 10.1. The molecule has 8 nitrogen and oxygen atoms in total. The molecule has 2 N–H and O–H groups in total. The second-order valence-corrected chi connectivity index (χ2v) is 7.89. The molecule has 30 heavy (non-hydrogen) atoms. The first-order valence-electron chi connectivity index (χ1n) is 8.58. The number of halogens is 3. The number of anilines is 2. The van der Waals surface area contributed by atoms with Crippen LogP contribution in [-0.2, 0) is 14.8 Å². The van der Waals surface area contributed by atoms with Crippen molar-refractivity contribution in [3.8, 4) is 0 Å². The molecule has 3 rings (SSSR count). The van der Waals surface area contributed by atoms with E-state index in [0.717, 1.165) is 24.3 Å². The highest BCUT2D eigenvalue weighted by Gasteiger charge is 2.29. The van der Waals surface area contributed by atoms with Crippen LogP contribution in [0.1, 0.15) is 10.4 Å². The molecule has 0 unspecified atom stereocenters. The van der Waals surface area contributed by atoms with E-state index in [4.69, 9.17) is 4.74 Å². The van der Waals surface area contributed by atoms with Crippen molar-refractivity contribution < 1.29 is 35.9 Å². The predicted molar refractivity (Wildman–Crippen MR) is 101 cm³/mol. The maximum atomic E-state index is 12.7. The Hall–Kier alpha value is -3.28. The molecule has 0 saturated carbocycles. The highest BCUT2D eigenvalue weighted by molar-refractivity contribution is 7.92. The minimum atomic E-state index is -4.56. The van der Waals surface area contributed by atoms with Gasteiger partial charge in [-0.2, -0.15) is 13.2 Å². The van der Waals surface area contributed by atoms with Gasteiger partial charge < -0.3 is 10.1 Å². The Kier molecular flexibility index (Phi) is 5.87. The molecule has 160 valence electrons. The molecule has 0 spiro atoms. The van der Waals surface area contributed by atoms with Gasteiger partial charge in [-0.05, 0) is 36.4 Å². The summed E-state index contributed by atoms with van der Waals surface area (Å²) in [5.74, 6) is -0.984. The van der Waals surface area contributed by atoms with Crippen LogP contribution in [0.5, 0.6) is 0 Å². The van der Waals surface area contributed by atoms with Gasteiger partial charge >= 0.3 is 12.3 Å². The molecular weight excluding hydrogens is 427 g/mol. The van der Waals surface area contributed by atoms with E-state index < -0.39 is 34.7 Å². The Labute approximate surface area is 169 Å². The lowest BCUT2D eigenvalue weighted by Gasteiger charge is -2.18. The molecule has 2 aromatic carbocycles. The largest absolute Gasteiger partial charge is 0.447 e. The number of hydrogen-bond donors (Lipinski definition) is 2. The maximum Gasteiger partial charge on any atom is 0.414 e. The first kappa shape index (κ1) is 21.4. The topological polar surface area (TPSA) is 105 Å².